The lowest BCUT2D eigenvalue weighted by Gasteiger charge is -2.31. The molecule has 1 aliphatic rings. The van der Waals surface area contributed by atoms with Gasteiger partial charge >= 0.3 is 6.61 Å². The molecule has 2 N–H and O–H groups in total. The van der Waals surface area contributed by atoms with E-state index in [-0.39, 0.29) is 5.75 Å². The summed E-state index contributed by atoms with van der Waals surface area (Å²) in [5, 5.41) is 6.55. The number of aryl methyl sites for hydroxylation is 1. The summed E-state index contributed by atoms with van der Waals surface area (Å²) in [7, 11) is 0. The molecule has 0 aliphatic carbocycles. The lowest BCUT2D eigenvalue weighted by Crippen LogP contribution is -2.33. The van der Waals surface area contributed by atoms with Crippen LogP contribution in [0.25, 0.3) is 0 Å². The Morgan fingerprint density at radius 2 is 1.97 bits per heavy atom. The fourth-order valence-corrected chi connectivity index (χ4v) is 3.84. The van der Waals surface area contributed by atoms with Crippen LogP contribution in [0.15, 0.2) is 42.6 Å². The number of halogens is 2. The molecule has 0 saturated carbocycles. The topological polar surface area (TPSA) is 84.4 Å². The second-order valence-corrected chi connectivity index (χ2v) is 7.79. The van der Waals surface area contributed by atoms with Crippen molar-refractivity contribution < 1.29 is 18.3 Å². The third-order valence-corrected chi connectivity index (χ3v) is 5.42. The van der Waals surface area contributed by atoms with Gasteiger partial charge < -0.3 is 25.0 Å². The number of pyridine rings is 1. The molecule has 10 heteroatoms. The van der Waals surface area contributed by atoms with Gasteiger partial charge in [-0.1, -0.05) is 6.07 Å². The number of hydrogen-bond donors (Lipinski definition) is 2. The SMILES string of the molecule is CCOCCNc1nc2c(c(Nc3ccc(OC(F)F)cc3)n1)CCN(c1ncccc1C)C2. The standard InChI is InChI=1S/C24H28F2N6O2/c1-3-33-14-12-28-24-30-20-15-32(22-16(2)5-4-11-27-22)13-10-19(20)21(31-24)29-17-6-8-18(9-7-17)34-23(25)26/h4-9,11,23H,3,10,12-15H2,1-2H3,(H2,28,29,30,31). The monoisotopic (exact) mass is 470 g/mol. The lowest BCUT2D eigenvalue weighted by atomic mass is 10.0. The van der Waals surface area contributed by atoms with Gasteiger partial charge in [-0.15, -0.1) is 0 Å². The van der Waals surface area contributed by atoms with Crippen molar-refractivity contribution in [2.24, 2.45) is 0 Å². The van der Waals surface area contributed by atoms with E-state index in [2.05, 4.69) is 25.3 Å². The minimum atomic E-state index is -2.86. The smallest absolute Gasteiger partial charge is 0.387 e. The van der Waals surface area contributed by atoms with Crippen LogP contribution in [0.5, 0.6) is 5.75 Å². The Hall–Kier alpha value is -3.53. The van der Waals surface area contributed by atoms with Gasteiger partial charge in [-0.05, 0) is 56.2 Å². The molecule has 0 bridgehead atoms. The van der Waals surface area contributed by atoms with Gasteiger partial charge in [-0.2, -0.15) is 13.8 Å². The van der Waals surface area contributed by atoms with Gasteiger partial charge in [0.15, 0.2) is 0 Å². The van der Waals surface area contributed by atoms with Crippen LogP contribution in [0.4, 0.5) is 32.1 Å². The van der Waals surface area contributed by atoms with Gasteiger partial charge in [0.25, 0.3) is 0 Å². The van der Waals surface area contributed by atoms with Crippen molar-refractivity contribution in [2.45, 2.75) is 33.4 Å². The van der Waals surface area contributed by atoms with Crippen molar-refractivity contribution in [3.8, 4) is 5.75 Å². The molecule has 4 rings (SSSR count). The molecule has 1 aliphatic heterocycles. The molecule has 0 atom stereocenters. The summed E-state index contributed by atoms with van der Waals surface area (Å²) >= 11 is 0. The number of nitrogens with one attached hydrogen (secondary N) is 2. The summed E-state index contributed by atoms with van der Waals surface area (Å²) in [6.07, 6.45) is 2.53. The highest BCUT2D eigenvalue weighted by Crippen LogP contribution is 2.30. The molecule has 0 saturated heterocycles. The third-order valence-electron chi connectivity index (χ3n) is 5.42. The molecule has 0 unspecified atom stereocenters. The molecule has 3 heterocycles. The van der Waals surface area contributed by atoms with Crippen molar-refractivity contribution in [1.29, 1.82) is 0 Å². The van der Waals surface area contributed by atoms with Crippen molar-refractivity contribution in [3.63, 3.8) is 0 Å². The zero-order chi connectivity index (χ0) is 23.9. The van der Waals surface area contributed by atoms with E-state index in [1.54, 1.807) is 18.3 Å². The molecule has 0 amide bonds. The number of hydrogen-bond acceptors (Lipinski definition) is 8. The van der Waals surface area contributed by atoms with E-state index in [1.807, 2.05) is 26.0 Å². The van der Waals surface area contributed by atoms with Crippen LogP contribution in [0, 0.1) is 6.92 Å². The van der Waals surface area contributed by atoms with E-state index in [0.29, 0.717) is 43.8 Å². The van der Waals surface area contributed by atoms with Crippen molar-refractivity contribution in [1.82, 2.24) is 15.0 Å². The summed E-state index contributed by atoms with van der Waals surface area (Å²) < 4.78 is 34.7. The third kappa shape index (κ3) is 5.88. The number of rotatable bonds is 10. The summed E-state index contributed by atoms with van der Waals surface area (Å²) in [5.74, 6) is 2.23. The molecule has 3 aromatic rings. The van der Waals surface area contributed by atoms with Crippen molar-refractivity contribution >= 4 is 23.3 Å². The van der Waals surface area contributed by atoms with Crippen LogP contribution in [0.3, 0.4) is 0 Å². The maximum absolute atomic E-state index is 12.5. The number of ether oxygens (including phenoxy) is 2. The Kier molecular flexibility index (Phi) is 7.69. The number of fused-ring (bicyclic) bond motifs is 1. The van der Waals surface area contributed by atoms with E-state index in [0.717, 1.165) is 35.6 Å². The summed E-state index contributed by atoms with van der Waals surface area (Å²) in [4.78, 5) is 16.2. The predicted octanol–water partition coefficient (Wildman–Crippen LogP) is 4.54. The minimum absolute atomic E-state index is 0.102. The van der Waals surface area contributed by atoms with Gasteiger partial charge in [0.05, 0.1) is 18.8 Å². The summed E-state index contributed by atoms with van der Waals surface area (Å²) in [6.45, 7) is 4.29. The highest BCUT2D eigenvalue weighted by atomic mass is 19.3. The minimum Gasteiger partial charge on any atom is -0.435 e. The molecular formula is C24H28F2N6O2. The first kappa shape index (κ1) is 23.6. The maximum atomic E-state index is 12.5. The fraction of sp³-hybridized carbons (Fsp3) is 0.375. The van der Waals surface area contributed by atoms with Crippen LogP contribution in [0.2, 0.25) is 0 Å². The van der Waals surface area contributed by atoms with Gasteiger partial charge in [0, 0.05) is 37.1 Å². The van der Waals surface area contributed by atoms with Gasteiger partial charge in [-0.25, -0.2) is 9.97 Å². The van der Waals surface area contributed by atoms with Gasteiger partial charge in [0.2, 0.25) is 5.95 Å². The molecule has 8 nitrogen and oxygen atoms in total. The van der Waals surface area contributed by atoms with Gasteiger partial charge in [-0.3, -0.25) is 0 Å². The first-order valence-electron chi connectivity index (χ1n) is 11.2. The Labute approximate surface area is 197 Å². The number of nitrogens with zero attached hydrogens (tertiary/aromatic N) is 4. The molecule has 34 heavy (non-hydrogen) atoms. The quantitative estimate of drug-likeness (QED) is 0.418. The Morgan fingerprint density at radius 1 is 1.15 bits per heavy atom. The molecule has 180 valence electrons. The highest BCUT2D eigenvalue weighted by molar-refractivity contribution is 5.64. The van der Waals surface area contributed by atoms with E-state index in [9.17, 15) is 8.78 Å². The number of alkyl halides is 2. The van der Waals surface area contributed by atoms with Crippen LogP contribution in [-0.2, 0) is 17.7 Å². The normalized spacial score (nSPS) is 13.0. The van der Waals surface area contributed by atoms with E-state index in [4.69, 9.17) is 14.7 Å². The first-order valence-corrected chi connectivity index (χ1v) is 11.2. The van der Waals surface area contributed by atoms with Crippen LogP contribution in [0.1, 0.15) is 23.7 Å². The molecule has 0 fully saturated rings. The molecular weight excluding hydrogens is 442 g/mol. The van der Waals surface area contributed by atoms with Gasteiger partial charge in [0.1, 0.15) is 17.4 Å². The second kappa shape index (κ2) is 11.1. The van der Waals surface area contributed by atoms with Crippen molar-refractivity contribution in [2.75, 3.05) is 41.8 Å². The Morgan fingerprint density at radius 3 is 2.71 bits per heavy atom. The fourth-order valence-electron chi connectivity index (χ4n) is 3.84. The Bertz CT molecular complexity index is 1100. The molecule has 2 aromatic heterocycles. The van der Waals surface area contributed by atoms with E-state index < -0.39 is 6.61 Å². The average Bonchev–Trinajstić information content (AvgIpc) is 2.83. The van der Waals surface area contributed by atoms with E-state index >= 15 is 0 Å². The van der Waals surface area contributed by atoms with E-state index in [1.165, 1.54) is 12.1 Å². The first-order chi connectivity index (χ1) is 16.5. The van der Waals surface area contributed by atoms with Crippen LogP contribution >= 0.6 is 0 Å². The maximum Gasteiger partial charge on any atom is 0.387 e. The molecule has 0 radical (unpaired) electrons. The van der Waals surface area contributed by atoms with Crippen LogP contribution < -0.4 is 20.3 Å². The molecule has 0 spiro atoms. The zero-order valence-corrected chi connectivity index (χ0v) is 19.2. The lowest BCUT2D eigenvalue weighted by molar-refractivity contribution is -0.0498. The van der Waals surface area contributed by atoms with Crippen molar-refractivity contribution in [3.05, 3.63) is 59.4 Å². The highest BCUT2D eigenvalue weighted by Gasteiger charge is 2.24. The van der Waals surface area contributed by atoms with Crippen LogP contribution in [-0.4, -0.2) is 47.9 Å². The zero-order valence-electron chi connectivity index (χ0n) is 19.2. The molecule has 1 aromatic carbocycles. The predicted molar refractivity (Wildman–Crippen MR) is 127 cm³/mol. The summed E-state index contributed by atoms with van der Waals surface area (Å²) in [5.41, 5.74) is 3.75. The second-order valence-electron chi connectivity index (χ2n) is 7.79. The largest absolute Gasteiger partial charge is 0.435 e. The summed E-state index contributed by atoms with van der Waals surface area (Å²) in [6, 6.07) is 10.3. The number of anilines is 4. The Balaban J connectivity index is 1.59. The number of aromatic nitrogens is 3. The number of benzene rings is 1. The average molecular weight is 471 g/mol.